The molecule has 0 unspecified atom stereocenters. The van der Waals surface area contributed by atoms with Crippen molar-refractivity contribution in [2.75, 3.05) is 9.80 Å². The number of benzene rings is 7. The fourth-order valence-corrected chi connectivity index (χ4v) is 11.8. The highest BCUT2D eigenvalue weighted by atomic mass is 28.3. The van der Waals surface area contributed by atoms with Gasteiger partial charge in [0, 0.05) is 33.6 Å². The van der Waals surface area contributed by atoms with Crippen LogP contribution in [-0.2, 0) is 0 Å². The summed E-state index contributed by atoms with van der Waals surface area (Å²) < 4.78 is 0. The van der Waals surface area contributed by atoms with Gasteiger partial charge in [-0.25, -0.2) is 4.98 Å². The van der Waals surface area contributed by atoms with E-state index in [1.165, 1.54) is 60.6 Å². The Morgan fingerprint density at radius 2 is 1.10 bits per heavy atom. The van der Waals surface area contributed by atoms with Gasteiger partial charge in [0.05, 0.1) is 17.1 Å². The molecular formula is C47H35N3Si. The Morgan fingerprint density at radius 1 is 0.471 bits per heavy atom. The van der Waals surface area contributed by atoms with Gasteiger partial charge in [-0.1, -0.05) is 140 Å². The summed E-state index contributed by atoms with van der Waals surface area (Å²) in [6.07, 6.45) is 0. The molecule has 2 aliphatic heterocycles. The monoisotopic (exact) mass is 669 g/mol. The van der Waals surface area contributed by atoms with Crippen LogP contribution < -0.4 is 20.2 Å². The highest BCUT2D eigenvalue weighted by Gasteiger charge is 2.43. The summed E-state index contributed by atoms with van der Waals surface area (Å²) in [5.41, 5.74) is 13.0. The van der Waals surface area contributed by atoms with Crippen LogP contribution in [-0.4, -0.2) is 13.1 Å². The maximum Gasteiger partial charge on any atom is 0.138 e. The maximum atomic E-state index is 5.49. The summed E-state index contributed by atoms with van der Waals surface area (Å²) in [4.78, 5) is 10.4. The molecule has 0 fully saturated rings. The maximum absolute atomic E-state index is 5.49. The van der Waals surface area contributed by atoms with Crippen molar-refractivity contribution in [1.82, 2.24) is 4.98 Å². The average molecular weight is 670 g/mol. The largest absolute Gasteiger partial charge is 0.311 e. The lowest BCUT2D eigenvalue weighted by Gasteiger charge is -2.44. The summed E-state index contributed by atoms with van der Waals surface area (Å²) in [6, 6.07) is 63.8. The highest BCUT2D eigenvalue weighted by Crippen LogP contribution is 2.53. The summed E-state index contributed by atoms with van der Waals surface area (Å²) in [7, 11) is -2.27. The molecule has 8 aromatic rings. The molecule has 0 aliphatic carbocycles. The molecule has 7 aromatic carbocycles. The zero-order chi connectivity index (χ0) is 34.1. The summed E-state index contributed by atoms with van der Waals surface area (Å²) in [6.45, 7) is 5.06. The molecule has 1 aromatic heterocycles. The van der Waals surface area contributed by atoms with Crippen molar-refractivity contribution in [3.63, 3.8) is 0 Å². The van der Waals surface area contributed by atoms with E-state index in [2.05, 4.69) is 199 Å². The molecule has 0 saturated heterocycles. The molecule has 0 amide bonds. The Balaban J connectivity index is 1.31. The molecule has 0 saturated carbocycles. The predicted molar refractivity (Wildman–Crippen MR) is 218 cm³/mol. The van der Waals surface area contributed by atoms with Crippen LogP contribution in [0.1, 0.15) is 0 Å². The lowest BCUT2D eigenvalue weighted by Crippen LogP contribution is -2.59. The smallest absolute Gasteiger partial charge is 0.138 e. The van der Waals surface area contributed by atoms with Crippen molar-refractivity contribution in [1.29, 1.82) is 0 Å². The van der Waals surface area contributed by atoms with E-state index >= 15 is 0 Å². The third kappa shape index (κ3) is 4.53. The van der Waals surface area contributed by atoms with Gasteiger partial charge < -0.3 is 4.90 Å². The number of pyridine rings is 1. The van der Waals surface area contributed by atoms with Gasteiger partial charge in [0.1, 0.15) is 13.9 Å². The number of para-hydroxylation sites is 2. The number of hydrogen-bond acceptors (Lipinski definition) is 3. The summed E-state index contributed by atoms with van der Waals surface area (Å²) >= 11 is 0. The first kappa shape index (κ1) is 29.7. The lowest BCUT2D eigenvalue weighted by atomic mass is 9.90. The normalized spacial score (nSPS) is 13.8. The Hall–Kier alpha value is -6.23. The van der Waals surface area contributed by atoms with Crippen LogP contribution in [0.4, 0.5) is 34.3 Å². The van der Waals surface area contributed by atoms with E-state index < -0.39 is 8.07 Å². The van der Waals surface area contributed by atoms with E-state index in [9.17, 15) is 0 Å². The molecule has 0 spiro atoms. The molecule has 3 heterocycles. The molecule has 0 atom stereocenters. The topological polar surface area (TPSA) is 19.4 Å². The third-order valence-corrected chi connectivity index (χ3v) is 14.2. The second-order valence-electron chi connectivity index (χ2n) is 14.0. The van der Waals surface area contributed by atoms with Gasteiger partial charge in [0.25, 0.3) is 0 Å². The first-order valence-electron chi connectivity index (χ1n) is 17.7. The minimum Gasteiger partial charge on any atom is -0.311 e. The van der Waals surface area contributed by atoms with Gasteiger partial charge in [-0.3, -0.25) is 4.90 Å². The Labute approximate surface area is 299 Å². The summed E-state index contributed by atoms with van der Waals surface area (Å²) in [5, 5.41) is 5.40. The molecule has 0 N–H and O–H groups in total. The molecule has 242 valence electrons. The number of nitrogens with zero attached hydrogens (tertiary/aromatic N) is 3. The Kier molecular flexibility index (Phi) is 6.64. The molecule has 51 heavy (non-hydrogen) atoms. The number of rotatable bonds is 4. The zero-order valence-corrected chi connectivity index (χ0v) is 29.6. The van der Waals surface area contributed by atoms with Crippen LogP contribution >= 0.6 is 0 Å². The van der Waals surface area contributed by atoms with E-state index in [0.29, 0.717) is 0 Å². The first-order valence-corrected chi connectivity index (χ1v) is 20.7. The Morgan fingerprint density at radius 3 is 1.86 bits per heavy atom. The van der Waals surface area contributed by atoms with Gasteiger partial charge in [-0.2, -0.15) is 0 Å². The number of fused-ring (bicyclic) bond motifs is 5. The van der Waals surface area contributed by atoms with Gasteiger partial charge in [-0.05, 0) is 81.0 Å². The highest BCUT2D eigenvalue weighted by molar-refractivity contribution is 7.03. The summed E-state index contributed by atoms with van der Waals surface area (Å²) in [5.74, 6) is 0.911. The second-order valence-corrected chi connectivity index (χ2v) is 18.3. The average Bonchev–Trinajstić information content (AvgIpc) is 3.19. The molecule has 0 radical (unpaired) electrons. The molecule has 0 bridgehead atoms. The molecule has 4 heteroatoms. The minimum atomic E-state index is -2.27. The fourth-order valence-electron chi connectivity index (χ4n) is 8.45. The number of aromatic nitrogens is 1. The van der Waals surface area contributed by atoms with E-state index in [1.807, 2.05) is 0 Å². The van der Waals surface area contributed by atoms with Crippen molar-refractivity contribution in [3.05, 3.63) is 176 Å². The SMILES string of the molecule is C[Si]1(C)c2ccccc2N(c2ccccc2)c2ccc3c(c21)-c1cccc2cccc(c12)N3c1cc(-c2ccccc2)cc(-c2ccccc2)n1. The van der Waals surface area contributed by atoms with Crippen LogP contribution in [0.2, 0.25) is 13.1 Å². The second kappa shape index (κ2) is 11.4. The van der Waals surface area contributed by atoms with Crippen molar-refractivity contribution in [3.8, 4) is 33.5 Å². The van der Waals surface area contributed by atoms with E-state index in [1.54, 1.807) is 0 Å². The quantitative estimate of drug-likeness (QED) is 0.174. The van der Waals surface area contributed by atoms with Crippen molar-refractivity contribution in [2.45, 2.75) is 13.1 Å². The fraction of sp³-hybridized carbons (Fsp3) is 0.0426. The minimum absolute atomic E-state index is 0.911. The van der Waals surface area contributed by atoms with Gasteiger partial charge >= 0.3 is 0 Å². The van der Waals surface area contributed by atoms with E-state index in [0.717, 1.165) is 28.3 Å². The standard InChI is InChI=1S/C47H35N3Si/c1-51(2)43-27-13-12-25-39(43)49(36-22-10-5-11-23-36)42-29-28-41-46(47(42)51)37-24-14-20-34-21-15-26-40(45(34)37)50(41)44-31-35(32-16-6-3-7-17-32)30-38(48-44)33-18-8-4-9-19-33/h3-31H,1-2H3. The number of anilines is 6. The van der Waals surface area contributed by atoms with Crippen LogP contribution in [0.15, 0.2) is 176 Å². The van der Waals surface area contributed by atoms with Crippen LogP contribution in [0, 0.1) is 0 Å². The molecule has 10 rings (SSSR count). The predicted octanol–water partition coefficient (Wildman–Crippen LogP) is 11.6. The molecular weight excluding hydrogens is 635 g/mol. The third-order valence-electron chi connectivity index (χ3n) is 10.7. The van der Waals surface area contributed by atoms with E-state index in [-0.39, 0.29) is 0 Å². The van der Waals surface area contributed by atoms with Crippen LogP contribution in [0.25, 0.3) is 44.3 Å². The van der Waals surface area contributed by atoms with Gasteiger partial charge in [0.15, 0.2) is 0 Å². The van der Waals surface area contributed by atoms with Crippen LogP contribution in [0.5, 0.6) is 0 Å². The molecule has 3 nitrogen and oxygen atoms in total. The molecule has 2 aliphatic rings. The Bertz CT molecular complexity index is 2550. The zero-order valence-electron chi connectivity index (χ0n) is 28.6. The van der Waals surface area contributed by atoms with Gasteiger partial charge in [0.2, 0.25) is 0 Å². The lowest BCUT2D eigenvalue weighted by molar-refractivity contribution is 1.18. The van der Waals surface area contributed by atoms with Crippen molar-refractivity contribution >= 4 is 63.5 Å². The van der Waals surface area contributed by atoms with Crippen LogP contribution in [0.3, 0.4) is 0 Å². The first-order chi connectivity index (χ1) is 25.1. The van der Waals surface area contributed by atoms with Crippen molar-refractivity contribution in [2.24, 2.45) is 0 Å². The van der Waals surface area contributed by atoms with Crippen molar-refractivity contribution < 1.29 is 0 Å². The number of hydrogen-bond donors (Lipinski definition) is 0. The van der Waals surface area contributed by atoms with Gasteiger partial charge in [-0.15, -0.1) is 0 Å². The van der Waals surface area contributed by atoms with E-state index in [4.69, 9.17) is 4.98 Å².